The molecule has 0 amide bonds. The Hall–Kier alpha value is -1.31. The van der Waals surface area contributed by atoms with E-state index >= 15 is 0 Å². The molecule has 0 unspecified atom stereocenters. The summed E-state index contributed by atoms with van der Waals surface area (Å²) in [7, 11) is 0. The van der Waals surface area contributed by atoms with E-state index in [4.69, 9.17) is 5.84 Å². The molecule has 0 atom stereocenters. The Morgan fingerprint density at radius 1 is 1.33 bits per heavy atom. The minimum atomic E-state index is 1.05. The summed E-state index contributed by atoms with van der Waals surface area (Å²) in [4.78, 5) is 0. The minimum Gasteiger partial charge on any atom is -0.323 e. The predicted octanol–water partition coefficient (Wildman–Crippen LogP) is 1.93. The first-order valence-corrected chi connectivity index (χ1v) is 4.19. The summed E-state index contributed by atoms with van der Waals surface area (Å²) in [5, 5.41) is 3.46. The number of hydrogen-bond acceptors (Lipinski definition) is 2. The summed E-state index contributed by atoms with van der Waals surface area (Å²) in [6.07, 6.45) is 3.97. The van der Waals surface area contributed by atoms with Gasteiger partial charge in [0.25, 0.3) is 0 Å². The van der Waals surface area contributed by atoms with Crippen LogP contribution in [0.1, 0.15) is 24.5 Å². The van der Waals surface area contributed by atoms with Crippen molar-refractivity contribution in [3.8, 4) is 0 Å². The van der Waals surface area contributed by atoms with Crippen LogP contribution in [0.15, 0.2) is 29.4 Å². The summed E-state index contributed by atoms with van der Waals surface area (Å²) in [5.74, 6) is 5.03. The third-order valence-corrected chi connectivity index (χ3v) is 1.74. The van der Waals surface area contributed by atoms with Crippen molar-refractivity contribution in [2.24, 2.45) is 10.9 Å². The average molecular weight is 162 g/mol. The molecule has 0 aliphatic heterocycles. The highest BCUT2D eigenvalue weighted by atomic mass is 15.1. The Morgan fingerprint density at radius 3 is 2.50 bits per heavy atom. The lowest BCUT2D eigenvalue weighted by atomic mass is 10.1. The van der Waals surface area contributed by atoms with Gasteiger partial charge in [-0.25, -0.2) is 0 Å². The Bertz CT molecular complexity index is 249. The molecule has 64 valence electrons. The topological polar surface area (TPSA) is 38.4 Å². The first kappa shape index (κ1) is 8.78. The van der Waals surface area contributed by atoms with Gasteiger partial charge in [0.1, 0.15) is 0 Å². The van der Waals surface area contributed by atoms with Crippen molar-refractivity contribution < 1.29 is 0 Å². The Balaban J connectivity index is 2.71. The fraction of sp³-hybridized carbons (Fsp3) is 0.300. The van der Waals surface area contributed by atoms with Gasteiger partial charge in [-0.2, -0.15) is 5.10 Å². The van der Waals surface area contributed by atoms with Crippen molar-refractivity contribution in [3.63, 3.8) is 0 Å². The number of benzene rings is 1. The van der Waals surface area contributed by atoms with E-state index in [1.54, 1.807) is 6.21 Å². The van der Waals surface area contributed by atoms with Gasteiger partial charge in [-0.05, 0) is 17.5 Å². The van der Waals surface area contributed by atoms with E-state index in [1.807, 2.05) is 12.1 Å². The van der Waals surface area contributed by atoms with Crippen molar-refractivity contribution in [2.45, 2.75) is 19.8 Å². The zero-order valence-corrected chi connectivity index (χ0v) is 7.33. The molecule has 1 aromatic carbocycles. The van der Waals surface area contributed by atoms with Crippen molar-refractivity contribution in [1.82, 2.24) is 0 Å². The smallest absolute Gasteiger partial charge is 0.0538 e. The van der Waals surface area contributed by atoms with Gasteiger partial charge in [0.2, 0.25) is 0 Å². The van der Waals surface area contributed by atoms with E-state index in [0.29, 0.717) is 0 Å². The molecule has 0 aromatic heterocycles. The lowest BCUT2D eigenvalue weighted by molar-refractivity contribution is 0.922. The van der Waals surface area contributed by atoms with Gasteiger partial charge >= 0.3 is 0 Å². The maximum atomic E-state index is 5.03. The lowest BCUT2D eigenvalue weighted by Crippen LogP contribution is -1.87. The molecule has 0 aliphatic rings. The standard InChI is InChI=1S/C10H14N2/c1-2-3-9-4-6-10(7-5-9)8-12-11/h4-8H,2-3,11H2,1H3/b12-8-. The molecule has 1 aromatic rings. The molecule has 0 saturated carbocycles. The quantitative estimate of drug-likeness (QED) is 0.411. The Labute approximate surface area is 73.1 Å². The number of nitrogens with two attached hydrogens (primary N) is 1. The largest absolute Gasteiger partial charge is 0.323 e. The zero-order chi connectivity index (χ0) is 8.81. The molecule has 2 heteroatoms. The van der Waals surface area contributed by atoms with Crippen molar-refractivity contribution in [3.05, 3.63) is 35.4 Å². The Kier molecular flexibility index (Phi) is 3.33. The van der Waals surface area contributed by atoms with Crippen LogP contribution in [0, 0.1) is 0 Å². The molecule has 2 nitrogen and oxygen atoms in total. The highest BCUT2D eigenvalue weighted by molar-refractivity contribution is 5.79. The van der Waals surface area contributed by atoms with E-state index in [1.165, 1.54) is 12.0 Å². The average Bonchev–Trinajstić information content (AvgIpc) is 2.09. The lowest BCUT2D eigenvalue weighted by Gasteiger charge is -1.97. The molecule has 0 bridgehead atoms. The van der Waals surface area contributed by atoms with Crippen LogP contribution in [0.5, 0.6) is 0 Å². The number of aryl methyl sites for hydroxylation is 1. The van der Waals surface area contributed by atoms with E-state index < -0.39 is 0 Å². The van der Waals surface area contributed by atoms with Gasteiger partial charge in [0, 0.05) is 0 Å². The van der Waals surface area contributed by atoms with Crippen LogP contribution < -0.4 is 5.84 Å². The normalized spacial score (nSPS) is 10.8. The molecule has 12 heavy (non-hydrogen) atoms. The molecule has 2 N–H and O–H groups in total. The second-order valence-corrected chi connectivity index (χ2v) is 2.77. The fourth-order valence-corrected chi connectivity index (χ4v) is 1.15. The van der Waals surface area contributed by atoms with Gasteiger partial charge in [-0.1, -0.05) is 37.6 Å². The van der Waals surface area contributed by atoms with E-state index in [0.717, 1.165) is 12.0 Å². The van der Waals surface area contributed by atoms with Gasteiger partial charge in [0.15, 0.2) is 0 Å². The zero-order valence-electron chi connectivity index (χ0n) is 7.33. The van der Waals surface area contributed by atoms with Crippen LogP contribution in [-0.2, 0) is 6.42 Å². The number of rotatable bonds is 3. The molecule has 1 rings (SSSR count). The fourth-order valence-electron chi connectivity index (χ4n) is 1.15. The summed E-state index contributed by atoms with van der Waals surface area (Å²) < 4.78 is 0. The van der Waals surface area contributed by atoms with Gasteiger partial charge in [0.05, 0.1) is 6.21 Å². The molecule has 0 saturated heterocycles. The molecular weight excluding hydrogens is 148 g/mol. The second kappa shape index (κ2) is 4.54. The predicted molar refractivity (Wildman–Crippen MR) is 52.2 cm³/mol. The molecule has 0 spiro atoms. The molecule has 0 fully saturated rings. The summed E-state index contributed by atoms with van der Waals surface area (Å²) >= 11 is 0. The summed E-state index contributed by atoms with van der Waals surface area (Å²) in [6.45, 7) is 2.18. The highest BCUT2D eigenvalue weighted by Gasteiger charge is 1.90. The third kappa shape index (κ3) is 2.38. The first-order chi connectivity index (χ1) is 5.86. The number of nitrogens with zero attached hydrogens (tertiary/aromatic N) is 1. The minimum absolute atomic E-state index is 1.05. The van der Waals surface area contributed by atoms with Gasteiger partial charge in [-0.15, -0.1) is 0 Å². The van der Waals surface area contributed by atoms with Crippen LogP contribution in [0.2, 0.25) is 0 Å². The van der Waals surface area contributed by atoms with E-state index in [-0.39, 0.29) is 0 Å². The molecule has 0 aliphatic carbocycles. The molecular formula is C10H14N2. The molecule has 0 radical (unpaired) electrons. The van der Waals surface area contributed by atoms with Gasteiger partial charge < -0.3 is 5.84 Å². The number of hydrogen-bond donors (Lipinski definition) is 1. The monoisotopic (exact) mass is 162 g/mol. The van der Waals surface area contributed by atoms with Crippen LogP contribution in [0.3, 0.4) is 0 Å². The maximum absolute atomic E-state index is 5.03. The van der Waals surface area contributed by atoms with Crippen molar-refractivity contribution in [2.75, 3.05) is 0 Å². The third-order valence-electron chi connectivity index (χ3n) is 1.74. The van der Waals surface area contributed by atoms with E-state index in [2.05, 4.69) is 24.2 Å². The van der Waals surface area contributed by atoms with Crippen LogP contribution in [0.4, 0.5) is 0 Å². The SMILES string of the molecule is CCCc1ccc(/C=N\N)cc1. The first-order valence-electron chi connectivity index (χ1n) is 4.19. The highest BCUT2D eigenvalue weighted by Crippen LogP contribution is 2.04. The summed E-state index contributed by atoms with van der Waals surface area (Å²) in [6, 6.07) is 8.28. The maximum Gasteiger partial charge on any atom is 0.0538 e. The van der Waals surface area contributed by atoms with Crippen LogP contribution in [-0.4, -0.2) is 6.21 Å². The Morgan fingerprint density at radius 2 is 2.00 bits per heavy atom. The summed E-state index contributed by atoms with van der Waals surface area (Å²) in [5.41, 5.74) is 2.42. The van der Waals surface area contributed by atoms with Crippen LogP contribution in [0.25, 0.3) is 0 Å². The van der Waals surface area contributed by atoms with Crippen molar-refractivity contribution >= 4 is 6.21 Å². The second-order valence-electron chi connectivity index (χ2n) is 2.77. The molecule has 0 heterocycles. The van der Waals surface area contributed by atoms with Crippen LogP contribution >= 0.6 is 0 Å². The van der Waals surface area contributed by atoms with Gasteiger partial charge in [-0.3, -0.25) is 0 Å². The van der Waals surface area contributed by atoms with E-state index in [9.17, 15) is 0 Å². The van der Waals surface area contributed by atoms with Crippen molar-refractivity contribution in [1.29, 1.82) is 0 Å². The number of hydrazone groups is 1.